The molecule has 0 spiro atoms. The SMILES string of the molecule is Cc1ccc(C(CNC(=O)c2ccc(C(C)(C)C)cc2)N2CCOCC2)cc1.Cl. The molecule has 4 nitrogen and oxygen atoms in total. The maximum atomic E-state index is 12.7. The van der Waals surface area contributed by atoms with E-state index in [0.717, 1.165) is 26.3 Å². The summed E-state index contributed by atoms with van der Waals surface area (Å²) in [7, 11) is 0. The molecule has 0 aliphatic carbocycles. The van der Waals surface area contributed by atoms with E-state index in [4.69, 9.17) is 4.74 Å². The second-order valence-electron chi connectivity index (χ2n) is 8.61. The van der Waals surface area contributed by atoms with Crippen LogP contribution < -0.4 is 5.32 Å². The molecular weight excluding hydrogens is 384 g/mol. The van der Waals surface area contributed by atoms with Crippen molar-refractivity contribution in [3.63, 3.8) is 0 Å². The van der Waals surface area contributed by atoms with Crippen LogP contribution in [0.15, 0.2) is 48.5 Å². The minimum absolute atomic E-state index is 0. The van der Waals surface area contributed by atoms with E-state index < -0.39 is 0 Å². The van der Waals surface area contributed by atoms with Crippen molar-refractivity contribution in [3.05, 3.63) is 70.8 Å². The summed E-state index contributed by atoms with van der Waals surface area (Å²) in [5.41, 5.74) is 4.50. The fourth-order valence-corrected chi connectivity index (χ4v) is 3.55. The molecule has 1 aliphatic rings. The first kappa shape index (κ1) is 23.4. The van der Waals surface area contributed by atoms with Gasteiger partial charge in [0.15, 0.2) is 0 Å². The number of halogens is 1. The highest BCUT2D eigenvalue weighted by Crippen LogP contribution is 2.23. The lowest BCUT2D eigenvalue weighted by Crippen LogP contribution is -2.43. The monoisotopic (exact) mass is 416 g/mol. The van der Waals surface area contributed by atoms with Crippen molar-refractivity contribution < 1.29 is 9.53 Å². The molecule has 1 atom stereocenters. The predicted molar refractivity (Wildman–Crippen MR) is 121 cm³/mol. The number of benzene rings is 2. The van der Waals surface area contributed by atoms with Gasteiger partial charge < -0.3 is 10.1 Å². The summed E-state index contributed by atoms with van der Waals surface area (Å²) in [6.07, 6.45) is 0. The largest absolute Gasteiger partial charge is 0.379 e. The molecule has 1 saturated heterocycles. The van der Waals surface area contributed by atoms with Gasteiger partial charge in [-0.3, -0.25) is 9.69 Å². The van der Waals surface area contributed by atoms with Gasteiger partial charge in [0.1, 0.15) is 0 Å². The molecule has 1 N–H and O–H groups in total. The van der Waals surface area contributed by atoms with Crippen LogP contribution in [-0.2, 0) is 10.2 Å². The highest BCUT2D eigenvalue weighted by Gasteiger charge is 2.23. The standard InChI is InChI=1S/C24H32N2O2.ClH/c1-18-5-7-19(8-6-18)22(26-13-15-28-16-14-26)17-25-23(27)20-9-11-21(12-10-20)24(2,3)4;/h5-12,22H,13-17H2,1-4H3,(H,25,27);1H. The highest BCUT2D eigenvalue weighted by molar-refractivity contribution is 5.94. The smallest absolute Gasteiger partial charge is 0.251 e. The van der Waals surface area contributed by atoms with Crippen LogP contribution in [0.3, 0.4) is 0 Å². The summed E-state index contributed by atoms with van der Waals surface area (Å²) >= 11 is 0. The summed E-state index contributed by atoms with van der Waals surface area (Å²) in [5.74, 6) is -0.0224. The third-order valence-electron chi connectivity index (χ3n) is 5.42. The van der Waals surface area contributed by atoms with Gasteiger partial charge in [0, 0.05) is 25.2 Å². The van der Waals surface area contributed by atoms with E-state index in [1.165, 1.54) is 16.7 Å². The molecule has 1 unspecified atom stereocenters. The normalized spacial score (nSPS) is 16.0. The van der Waals surface area contributed by atoms with Crippen LogP contribution in [0.2, 0.25) is 0 Å². The first-order valence-electron chi connectivity index (χ1n) is 10.1. The van der Waals surface area contributed by atoms with Crippen LogP contribution in [0, 0.1) is 6.92 Å². The number of aryl methyl sites for hydroxylation is 1. The molecule has 2 aromatic rings. The van der Waals surface area contributed by atoms with E-state index in [1.807, 2.05) is 24.3 Å². The number of amides is 1. The van der Waals surface area contributed by atoms with Crippen LogP contribution in [0.1, 0.15) is 53.9 Å². The average Bonchev–Trinajstić information content (AvgIpc) is 2.69. The van der Waals surface area contributed by atoms with E-state index >= 15 is 0 Å². The van der Waals surface area contributed by atoms with Crippen molar-refractivity contribution in [2.45, 2.75) is 39.2 Å². The lowest BCUT2D eigenvalue weighted by molar-refractivity contribution is 0.0162. The van der Waals surface area contributed by atoms with Gasteiger partial charge in [-0.1, -0.05) is 62.7 Å². The number of hydrogen-bond acceptors (Lipinski definition) is 3. The Morgan fingerprint density at radius 1 is 1.03 bits per heavy atom. The van der Waals surface area contributed by atoms with Gasteiger partial charge in [0.25, 0.3) is 5.91 Å². The molecule has 0 bridgehead atoms. The fraction of sp³-hybridized carbons (Fsp3) is 0.458. The summed E-state index contributed by atoms with van der Waals surface area (Å²) < 4.78 is 5.51. The quantitative estimate of drug-likeness (QED) is 0.779. The summed E-state index contributed by atoms with van der Waals surface area (Å²) in [4.78, 5) is 15.1. The summed E-state index contributed by atoms with van der Waals surface area (Å²) in [6, 6.07) is 16.7. The topological polar surface area (TPSA) is 41.6 Å². The van der Waals surface area contributed by atoms with Gasteiger partial charge in [-0.05, 0) is 35.6 Å². The molecule has 1 heterocycles. The van der Waals surface area contributed by atoms with Crippen LogP contribution in [0.5, 0.6) is 0 Å². The van der Waals surface area contributed by atoms with Crippen LogP contribution in [0.4, 0.5) is 0 Å². The Morgan fingerprint density at radius 2 is 1.62 bits per heavy atom. The second-order valence-corrected chi connectivity index (χ2v) is 8.61. The predicted octanol–water partition coefficient (Wildman–Crippen LogP) is 4.52. The molecule has 1 fully saturated rings. The third kappa shape index (κ3) is 6.30. The molecule has 2 aromatic carbocycles. The summed E-state index contributed by atoms with van der Waals surface area (Å²) in [6.45, 7) is 12.5. The molecular formula is C24H33ClN2O2. The summed E-state index contributed by atoms with van der Waals surface area (Å²) in [5, 5.41) is 3.15. The number of carbonyl (C=O) groups excluding carboxylic acids is 1. The van der Waals surface area contributed by atoms with Crippen molar-refractivity contribution in [2.24, 2.45) is 0 Å². The minimum Gasteiger partial charge on any atom is -0.379 e. The number of hydrogen-bond donors (Lipinski definition) is 1. The number of nitrogens with zero attached hydrogens (tertiary/aromatic N) is 1. The van der Waals surface area contributed by atoms with Crippen molar-refractivity contribution >= 4 is 18.3 Å². The molecule has 1 amide bonds. The lowest BCUT2D eigenvalue weighted by atomic mass is 9.87. The average molecular weight is 417 g/mol. The van der Waals surface area contributed by atoms with Gasteiger partial charge in [-0.15, -0.1) is 12.4 Å². The van der Waals surface area contributed by atoms with Crippen molar-refractivity contribution in [1.82, 2.24) is 10.2 Å². The Kier molecular flexibility index (Phi) is 8.26. The van der Waals surface area contributed by atoms with Crippen molar-refractivity contribution in [2.75, 3.05) is 32.8 Å². The number of nitrogens with one attached hydrogen (secondary N) is 1. The van der Waals surface area contributed by atoms with Crippen molar-refractivity contribution in [3.8, 4) is 0 Å². The van der Waals surface area contributed by atoms with Gasteiger partial charge in [-0.2, -0.15) is 0 Å². The van der Waals surface area contributed by atoms with E-state index in [9.17, 15) is 4.79 Å². The number of rotatable bonds is 5. The van der Waals surface area contributed by atoms with Gasteiger partial charge >= 0.3 is 0 Å². The molecule has 29 heavy (non-hydrogen) atoms. The zero-order chi connectivity index (χ0) is 20.1. The Morgan fingerprint density at radius 3 is 2.17 bits per heavy atom. The van der Waals surface area contributed by atoms with Gasteiger partial charge in [0.2, 0.25) is 0 Å². The third-order valence-corrected chi connectivity index (χ3v) is 5.42. The van der Waals surface area contributed by atoms with Crippen LogP contribution >= 0.6 is 12.4 Å². The lowest BCUT2D eigenvalue weighted by Gasteiger charge is -2.35. The number of morpholine rings is 1. The molecule has 0 radical (unpaired) electrons. The van der Waals surface area contributed by atoms with E-state index in [-0.39, 0.29) is 29.8 Å². The molecule has 5 heteroatoms. The Hall–Kier alpha value is -1.88. The Bertz CT molecular complexity index is 776. The fourth-order valence-electron chi connectivity index (χ4n) is 3.55. The Labute approximate surface area is 181 Å². The molecule has 1 aliphatic heterocycles. The molecule has 0 saturated carbocycles. The van der Waals surface area contributed by atoms with Crippen LogP contribution in [-0.4, -0.2) is 43.7 Å². The molecule has 3 rings (SSSR count). The minimum atomic E-state index is -0.0224. The van der Waals surface area contributed by atoms with E-state index in [2.05, 4.69) is 62.2 Å². The van der Waals surface area contributed by atoms with E-state index in [0.29, 0.717) is 12.1 Å². The van der Waals surface area contributed by atoms with Gasteiger partial charge in [0.05, 0.1) is 19.3 Å². The maximum absolute atomic E-state index is 12.7. The highest BCUT2D eigenvalue weighted by atomic mass is 35.5. The molecule has 0 aromatic heterocycles. The first-order chi connectivity index (χ1) is 13.3. The first-order valence-corrected chi connectivity index (χ1v) is 10.1. The zero-order valence-corrected chi connectivity index (χ0v) is 18.7. The van der Waals surface area contributed by atoms with Gasteiger partial charge in [-0.25, -0.2) is 0 Å². The van der Waals surface area contributed by atoms with Crippen molar-refractivity contribution in [1.29, 1.82) is 0 Å². The number of carbonyl (C=O) groups is 1. The van der Waals surface area contributed by atoms with Crippen LogP contribution in [0.25, 0.3) is 0 Å². The number of ether oxygens (including phenoxy) is 1. The Balaban J connectivity index is 0.00000300. The van der Waals surface area contributed by atoms with E-state index in [1.54, 1.807) is 0 Å². The maximum Gasteiger partial charge on any atom is 0.251 e. The zero-order valence-electron chi connectivity index (χ0n) is 17.9. The second kappa shape index (κ2) is 10.2. The molecule has 158 valence electrons.